The molecule has 0 aliphatic carbocycles. The van der Waals surface area contributed by atoms with E-state index in [4.69, 9.17) is 10.6 Å². The predicted molar refractivity (Wildman–Crippen MR) is 87.6 cm³/mol. The summed E-state index contributed by atoms with van der Waals surface area (Å²) in [5.41, 5.74) is 3.51. The largest absolute Gasteiger partial charge is 0.467 e. The number of hydrogen-bond donors (Lipinski definition) is 2. The summed E-state index contributed by atoms with van der Waals surface area (Å²) >= 11 is 0. The summed E-state index contributed by atoms with van der Waals surface area (Å²) in [6.45, 7) is 6.54. The lowest BCUT2D eigenvalue weighted by Crippen LogP contribution is -2.30. The van der Waals surface area contributed by atoms with Crippen LogP contribution in [0.15, 0.2) is 53.0 Å². The minimum absolute atomic E-state index is 0.0448. The molecule has 0 heterocycles. The second-order valence-corrected chi connectivity index (χ2v) is 4.88. The van der Waals surface area contributed by atoms with Gasteiger partial charge in [0.2, 0.25) is 5.90 Å². The van der Waals surface area contributed by atoms with Gasteiger partial charge in [-0.05, 0) is 45.9 Å². The number of hydrazine groups is 1. The highest BCUT2D eigenvalue weighted by Crippen LogP contribution is 2.10. The van der Waals surface area contributed by atoms with Gasteiger partial charge in [0.05, 0.1) is 0 Å². The summed E-state index contributed by atoms with van der Waals surface area (Å²) < 4.78 is 31.1. The van der Waals surface area contributed by atoms with Crippen LogP contribution < -0.4 is 11.3 Å². The van der Waals surface area contributed by atoms with E-state index in [1.54, 1.807) is 19.1 Å². The Morgan fingerprint density at radius 1 is 1.36 bits per heavy atom. The maximum atomic E-state index is 13.8. The van der Waals surface area contributed by atoms with Crippen molar-refractivity contribution >= 4 is 5.90 Å². The van der Waals surface area contributed by atoms with E-state index in [2.05, 4.69) is 10.4 Å². The maximum Gasteiger partial charge on any atom is 0.213 e. The van der Waals surface area contributed by atoms with Crippen molar-refractivity contribution in [3.8, 4) is 0 Å². The topological polar surface area (TPSA) is 59.6 Å². The molecule has 0 aliphatic rings. The molecule has 124 valence electrons. The zero-order valence-electron chi connectivity index (χ0n) is 13.5. The fourth-order valence-electron chi connectivity index (χ4n) is 1.23. The van der Waals surface area contributed by atoms with Gasteiger partial charge in [0.1, 0.15) is 18.6 Å². The maximum absolute atomic E-state index is 13.8. The Bertz CT molecular complexity index is 464. The summed E-state index contributed by atoms with van der Waals surface area (Å²) in [6.07, 6.45) is 7.84. The summed E-state index contributed by atoms with van der Waals surface area (Å²) in [5, 5.41) is 0. The SMILES string of the molecule is CC(C)=C/C(=N\C=CC(C)NN)OC(C)/C(F)=C\C=C/CF. The lowest BCUT2D eigenvalue weighted by Gasteiger charge is -2.12. The number of allylic oxidation sites excluding steroid dienone is 4. The number of nitrogens with one attached hydrogen (secondary N) is 1. The summed E-state index contributed by atoms with van der Waals surface area (Å²) in [6, 6.07) is -0.0448. The van der Waals surface area contributed by atoms with E-state index in [1.165, 1.54) is 24.4 Å². The van der Waals surface area contributed by atoms with Gasteiger partial charge >= 0.3 is 0 Å². The molecule has 2 atom stereocenters. The standard InChI is InChI=1S/C16H25F2N3O/c1-12(2)11-16(20-10-8-13(3)21-19)22-14(4)15(18)7-5-6-9-17/h5-8,10-11,13-14,21H,9,19H2,1-4H3/b6-5-,10-8?,15-7+,20-16+. The second-order valence-electron chi connectivity index (χ2n) is 4.88. The quantitative estimate of drug-likeness (QED) is 0.237. The third-order valence-corrected chi connectivity index (χ3v) is 2.42. The average molecular weight is 313 g/mol. The van der Waals surface area contributed by atoms with Crippen molar-refractivity contribution in [1.82, 2.24) is 5.43 Å². The lowest BCUT2D eigenvalue weighted by molar-refractivity contribution is 0.216. The number of nitrogens with two attached hydrogens (primary N) is 1. The van der Waals surface area contributed by atoms with Crippen molar-refractivity contribution in [2.45, 2.75) is 39.8 Å². The molecule has 0 saturated carbocycles. The third kappa shape index (κ3) is 10.0. The third-order valence-electron chi connectivity index (χ3n) is 2.42. The van der Waals surface area contributed by atoms with E-state index in [-0.39, 0.29) is 11.9 Å². The molecule has 0 radical (unpaired) electrons. The van der Waals surface area contributed by atoms with Crippen LogP contribution in [0.4, 0.5) is 8.78 Å². The molecule has 6 heteroatoms. The molecule has 0 spiro atoms. The number of halogens is 2. The molecule has 0 rings (SSSR count). The van der Waals surface area contributed by atoms with Gasteiger partial charge < -0.3 is 4.74 Å². The van der Waals surface area contributed by atoms with Crippen molar-refractivity contribution in [3.63, 3.8) is 0 Å². The molecule has 0 amide bonds. The van der Waals surface area contributed by atoms with Crippen molar-refractivity contribution in [1.29, 1.82) is 0 Å². The van der Waals surface area contributed by atoms with Crippen molar-refractivity contribution in [3.05, 3.63) is 48.0 Å². The molecule has 0 saturated heterocycles. The number of rotatable bonds is 8. The normalized spacial score (nSPS) is 16.1. The van der Waals surface area contributed by atoms with Crippen molar-refractivity contribution in [2.75, 3.05) is 6.67 Å². The van der Waals surface area contributed by atoms with Gasteiger partial charge in [-0.25, -0.2) is 13.8 Å². The zero-order valence-corrected chi connectivity index (χ0v) is 13.5. The van der Waals surface area contributed by atoms with E-state index in [1.807, 2.05) is 20.8 Å². The number of nitrogens with zero attached hydrogens (tertiary/aromatic N) is 1. The number of hydrogen-bond acceptors (Lipinski definition) is 4. The Labute approximate surface area is 131 Å². The van der Waals surface area contributed by atoms with E-state index < -0.39 is 18.6 Å². The highest BCUT2D eigenvalue weighted by atomic mass is 19.1. The smallest absolute Gasteiger partial charge is 0.213 e. The molecule has 0 fully saturated rings. The fraction of sp³-hybridized carbons (Fsp3) is 0.438. The zero-order chi connectivity index (χ0) is 17.0. The van der Waals surface area contributed by atoms with Crippen LogP contribution in [0, 0.1) is 0 Å². The van der Waals surface area contributed by atoms with Gasteiger partial charge in [0, 0.05) is 12.2 Å². The van der Waals surface area contributed by atoms with Gasteiger partial charge in [0.15, 0.2) is 0 Å². The van der Waals surface area contributed by atoms with Crippen LogP contribution in [-0.4, -0.2) is 24.7 Å². The highest BCUT2D eigenvalue weighted by molar-refractivity contribution is 5.88. The Balaban J connectivity index is 4.96. The van der Waals surface area contributed by atoms with Gasteiger partial charge in [-0.15, -0.1) is 0 Å². The Morgan fingerprint density at radius 3 is 2.59 bits per heavy atom. The Kier molecular flexibility index (Phi) is 10.9. The Hall–Kier alpha value is -1.79. The number of alkyl halides is 1. The van der Waals surface area contributed by atoms with Crippen LogP contribution in [-0.2, 0) is 4.74 Å². The molecular formula is C16H25F2N3O. The average Bonchev–Trinajstić information content (AvgIpc) is 2.46. The van der Waals surface area contributed by atoms with E-state index in [9.17, 15) is 8.78 Å². The van der Waals surface area contributed by atoms with E-state index in [0.717, 1.165) is 5.57 Å². The number of ether oxygens (including phenoxy) is 1. The Morgan fingerprint density at radius 2 is 2.05 bits per heavy atom. The molecule has 22 heavy (non-hydrogen) atoms. The summed E-state index contributed by atoms with van der Waals surface area (Å²) in [4.78, 5) is 4.14. The molecule has 3 N–H and O–H groups in total. The first kappa shape index (κ1) is 20.2. The molecule has 2 unspecified atom stereocenters. The predicted octanol–water partition coefficient (Wildman–Crippen LogP) is 3.50. The van der Waals surface area contributed by atoms with Crippen LogP contribution in [0.1, 0.15) is 27.7 Å². The summed E-state index contributed by atoms with van der Waals surface area (Å²) in [5.74, 6) is 5.03. The summed E-state index contributed by atoms with van der Waals surface area (Å²) in [7, 11) is 0. The first-order chi connectivity index (χ1) is 10.4. The minimum Gasteiger partial charge on any atom is -0.467 e. The molecule has 0 aliphatic heterocycles. The van der Waals surface area contributed by atoms with Crippen LogP contribution in [0.2, 0.25) is 0 Å². The molecule has 0 aromatic rings. The first-order valence-electron chi connectivity index (χ1n) is 7.01. The van der Waals surface area contributed by atoms with E-state index in [0.29, 0.717) is 0 Å². The van der Waals surface area contributed by atoms with Gasteiger partial charge in [0.25, 0.3) is 0 Å². The monoisotopic (exact) mass is 313 g/mol. The van der Waals surface area contributed by atoms with Gasteiger partial charge in [-0.3, -0.25) is 11.3 Å². The van der Waals surface area contributed by atoms with Gasteiger partial charge in [-0.2, -0.15) is 0 Å². The fourth-order valence-corrected chi connectivity index (χ4v) is 1.23. The molecule has 0 aromatic heterocycles. The van der Waals surface area contributed by atoms with Gasteiger partial charge in [-0.1, -0.05) is 17.7 Å². The minimum atomic E-state index is -0.822. The van der Waals surface area contributed by atoms with Crippen molar-refractivity contribution in [2.24, 2.45) is 10.8 Å². The highest BCUT2D eigenvalue weighted by Gasteiger charge is 2.10. The first-order valence-corrected chi connectivity index (χ1v) is 7.01. The lowest BCUT2D eigenvalue weighted by atomic mass is 10.3. The van der Waals surface area contributed by atoms with Crippen LogP contribution >= 0.6 is 0 Å². The molecule has 0 aromatic carbocycles. The van der Waals surface area contributed by atoms with Crippen LogP contribution in [0.25, 0.3) is 0 Å². The van der Waals surface area contributed by atoms with Crippen LogP contribution in [0.5, 0.6) is 0 Å². The number of aliphatic imine (C=N–C) groups is 1. The molecule has 4 nitrogen and oxygen atoms in total. The van der Waals surface area contributed by atoms with E-state index >= 15 is 0 Å². The molecular weight excluding hydrogens is 288 g/mol. The second kappa shape index (κ2) is 11.8. The van der Waals surface area contributed by atoms with Crippen molar-refractivity contribution < 1.29 is 13.5 Å². The van der Waals surface area contributed by atoms with Crippen LogP contribution in [0.3, 0.4) is 0 Å². The molecule has 0 bridgehead atoms.